The van der Waals surface area contributed by atoms with E-state index in [2.05, 4.69) is 15.6 Å². The van der Waals surface area contributed by atoms with Gasteiger partial charge in [0.15, 0.2) is 5.75 Å². The molecule has 4 rings (SSSR count). The Morgan fingerprint density at radius 2 is 1.63 bits per heavy atom. The quantitative estimate of drug-likeness (QED) is 0.142. The number of anilines is 2. The number of aromatic hydroxyl groups is 2. The highest BCUT2D eigenvalue weighted by Gasteiger charge is 2.28. The summed E-state index contributed by atoms with van der Waals surface area (Å²) >= 11 is 1.17. The van der Waals surface area contributed by atoms with Crippen LogP contribution in [-0.2, 0) is 0 Å². The van der Waals surface area contributed by atoms with E-state index in [1.54, 1.807) is 26.4 Å². The van der Waals surface area contributed by atoms with E-state index >= 15 is 0 Å². The summed E-state index contributed by atoms with van der Waals surface area (Å²) in [6.07, 6.45) is 3.12. The van der Waals surface area contributed by atoms with Crippen molar-refractivity contribution in [2.24, 2.45) is 0 Å². The van der Waals surface area contributed by atoms with Gasteiger partial charge in [-0.15, -0.1) is 0 Å². The number of aromatic nitrogens is 1. The van der Waals surface area contributed by atoms with Crippen molar-refractivity contribution in [1.82, 2.24) is 15.6 Å². The highest BCUT2D eigenvalue weighted by Crippen LogP contribution is 2.48. The van der Waals surface area contributed by atoms with E-state index in [4.69, 9.17) is 5.41 Å². The molecular formula is C32H33N5O3S. The Morgan fingerprint density at radius 3 is 2.27 bits per heavy atom. The largest absolute Gasteiger partial charge is 0.504 e. The Kier molecular flexibility index (Phi) is 9.31. The summed E-state index contributed by atoms with van der Waals surface area (Å²) in [7, 11) is 3.32. The van der Waals surface area contributed by atoms with E-state index in [1.807, 2.05) is 91.5 Å². The summed E-state index contributed by atoms with van der Waals surface area (Å²) in [5.41, 5.74) is 3.54. The molecule has 0 spiro atoms. The van der Waals surface area contributed by atoms with Crippen molar-refractivity contribution in [1.29, 1.82) is 5.41 Å². The summed E-state index contributed by atoms with van der Waals surface area (Å²) in [5, 5.41) is 36.9. The van der Waals surface area contributed by atoms with Gasteiger partial charge in [-0.1, -0.05) is 60.3 Å². The first-order valence-electron chi connectivity index (χ1n) is 13.1. The zero-order valence-corrected chi connectivity index (χ0v) is 24.2. The van der Waals surface area contributed by atoms with Gasteiger partial charge >= 0.3 is 0 Å². The number of hydrogen-bond acceptors (Lipinski definition) is 8. The molecule has 1 heterocycles. The number of carbonyl (C=O) groups excluding carboxylic acids is 1. The number of para-hydroxylation sites is 1. The van der Waals surface area contributed by atoms with Crippen LogP contribution in [0.1, 0.15) is 29.9 Å². The van der Waals surface area contributed by atoms with Crippen LogP contribution in [0.3, 0.4) is 0 Å². The van der Waals surface area contributed by atoms with Crippen molar-refractivity contribution in [2.45, 2.75) is 29.7 Å². The van der Waals surface area contributed by atoms with Gasteiger partial charge in [0.25, 0.3) is 5.91 Å². The van der Waals surface area contributed by atoms with Gasteiger partial charge in [0.1, 0.15) is 16.3 Å². The molecule has 9 heteroatoms. The number of carbonyl (C=O) groups is 1. The highest BCUT2D eigenvalue weighted by atomic mass is 32.2. The lowest BCUT2D eigenvalue weighted by Gasteiger charge is -2.31. The van der Waals surface area contributed by atoms with Gasteiger partial charge in [-0.3, -0.25) is 10.2 Å². The summed E-state index contributed by atoms with van der Waals surface area (Å²) in [4.78, 5) is 19.6. The van der Waals surface area contributed by atoms with Gasteiger partial charge in [0, 0.05) is 36.3 Å². The molecule has 0 atom stereocenters. The van der Waals surface area contributed by atoms with Crippen LogP contribution in [0.2, 0.25) is 0 Å². The van der Waals surface area contributed by atoms with Crippen molar-refractivity contribution < 1.29 is 15.0 Å². The molecule has 1 aromatic heterocycles. The highest BCUT2D eigenvalue weighted by molar-refractivity contribution is 7.99. The smallest absolute Gasteiger partial charge is 0.251 e. The summed E-state index contributed by atoms with van der Waals surface area (Å²) in [5.74, 6) is -0.720. The van der Waals surface area contributed by atoms with Gasteiger partial charge in [0.05, 0.1) is 5.71 Å². The van der Waals surface area contributed by atoms with Crippen LogP contribution in [0.4, 0.5) is 11.4 Å². The van der Waals surface area contributed by atoms with Crippen molar-refractivity contribution in [3.63, 3.8) is 0 Å². The van der Waals surface area contributed by atoms with E-state index in [9.17, 15) is 15.0 Å². The number of rotatable bonds is 10. The van der Waals surface area contributed by atoms with Gasteiger partial charge in [0.2, 0.25) is 5.88 Å². The van der Waals surface area contributed by atoms with E-state index in [1.165, 1.54) is 17.8 Å². The molecule has 41 heavy (non-hydrogen) atoms. The third-order valence-corrected chi connectivity index (χ3v) is 7.42. The van der Waals surface area contributed by atoms with E-state index in [0.717, 1.165) is 21.7 Å². The molecule has 3 aromatic carbocycles. The second kappa shape index (κ2) is 13.1. The predicted molar refractivity (Wildman–Crippen MR) is 166 cm³/mol. The van der Waals surface area contributed by atoms with Crippen molar-refractivity contribution in [3.05, 3.63) is 102 Å². The predicted octanol–water partition coefficient (Wildman–Crippen LogP) is 6.32. The fourth-order valence-electron chi connectivity index (χ4n) is 4.45. The fraction of sp³-hybridized carbons (Fsp3) is 0.156. The number of nitrogens with zero attached hydrogens (tertiary/aromatic N) is 2. The average Bonchev–Trinajstić information content (AvgIpc) is 2.99. The molecule has 210 valence electrons. The zero-order chi connectivity index (χ0) is 29.5. The Balaban J connectivity index is 1.79. The van der Waals surface area contributed by atoms with Crippen molar-refractivity contribution in [3.8, 4) is 22.8 Å². The molecule has 0 fully saturated rings. The third-order valence-electron chi connectivity index (χ3n) is 6.33. The van der Waals surface area contributed by atoms with Gasteiger partial charge in [-0.2, -0.15) is 0 Å². The number of hydrogen-bond donors (Lipinski definition) is 5. The molecule has 0 aliphatic rings. The number of allylic oxidation sites excluding steroid dienone is 1. The monoisotopic (exact) mass is 567 g/mol. The molecule has 0 radical (unpaired) electrons. The maximum absolute atomic E-state index is 12.4. The minimum Gasteiger partial charge on any atom is -0.504 e. The Morgan fingerprint density at radius 1 is 0.976 bits per heavy atom. The molecular weight excluding hydrogens is 534 g/mol. The molecule has 8 nitrogen and oxygen atoms in total. The molecule has 5 N–H and O–H groups in total. The molecule has 0 aliphatic heterocycles. The Bertz CT molecular complexity index is 1570. The summed E-state index contributed by atoms with van der Waals surface area (Å²) < 4.78 is 0. The molecule has 0 saturated carbocycles. The second-order valence-electron chi connectivity index (χ2n) is 9.40. The van der Waals surface area contributed by atoms with E-state index in [0.29, 0.717) is 11.3 Å². The fourth-order valence-corrected chi connectivity index (χ4v) is 5.29. The number of amides is 1. The first-order valence-corrected chi connectivity index (χ1v) is 13.9. The average molecular weight is 568 g/mol. The van der Waals surface area contributed by atoms with Crippen LogP contribution in [0, 0.1) is 5.41 Å². The zero-order valence-electron chi connectivity index (χ0n) is 23.3. The molecule has 4 aromatic rings. The molecule has 1 amide bonds. The lowest BCUT2D eigenvalue weighted by Crippen LogP contribution is -2.28. The minimum absolute atomic E-state index is 0.0252. The summed E-state index contributed by atoms with van der Waals surface area (Å²) in [6.45, 7) is 3.97. The SMILES string of the molecule is CN/C=C\C(=N)c1nc(O)c(Sc2ccc(-c3ccccc3C(=O)NC)cc2)c(O)c1N(c1ccccc1)C(C)C. The Labute approximate surface area is 244 Å². The molecule has 0 aliphatic carbocycles. The molecule has 0 bridgehead atoms. The molecule has 0 saturated heterocycles. The van der Waals surface area contributed by atoms with E-state index in [-0.39, 0.29) is 39.9 Å². The van der Waals surface area contributed by atoms with E-state index < -0.39 is 0 Å². The first kappa shape index (κ1) is 29.2. The maximum Gasteiger partial charge on any atom is 0.251 e. The third kappa shape index (κ3) is 6.36. The first-order chi connectivity index (χ1) is 19.8. The van der Waals surface area contributed by atoms with Crippen LogP contribution in [0.15, 0.2) is 101 Å². The number of nitrogens with one attached hydrogen (secondary N) is 3. The van der Waals surface area contributed by atoms with Crippen LogP contribution in [0.5, 0.6) is 11.6 Å². The lowest BCUT2D eigenvalue weighted by atomic mass is 9.99. The van der Waals surface area contributed by atoms with Gasteiger partial charge in [-0.25, -0.2) is 4.98 Å². The lowest BCUT2D eigenvalue weighted by molar-refractivity contribution is 0.0963. The van der Waals surface area contributed by atoms with Crippen LogP contribution < -0.4 is 15.5 Å². The van der Waals surface area contributed by atoms with Crippen LogP contribution in [0.25, 0.3) is 11.1 Å². The van der Waals surface area contributed by atoms with Crippen molar-refractivity contribution in [2.75, 3.05) is 19.0 Å². The van der Waals surface area contributed by atoms with Gasteiger partial charge < -0.3 is 25.7 Å². The van der Waals surface area contributed by atoms with Gasteiger partial charge in [-0.05, 0) is 67.6 Å². The normalized spacial score (nSPS) is 11.0. The maximum atomic E-state index is 12.4. The topological polar surface area (TPSA) is 122 Å². The van der Waals surface area contributed by atoms with Crippen LogP contribution in [-0.4, -0.2) is 47.0 Å². The van der Waals surface area contributed by atoms with Crippen LogP contribution >= 0.6 is 11.8 Å². The number of pyridine rings is 1. The van der Waals surface area contributed by atoms with Crippen molar-refractivity contribution >= 4 is 34.8 Å². The number of benzene rings is 3. The minimum atomic E-state index is -0.375. The second-order valence-corrected chi connectivity index (χ2v) is 10.5. The Hall–Kier alpha value is -4.76. The standard InChI is InChI=1S/C32H33N5O3S/c1-20(2)37(22-10-6-5-7-11-22)28-27(26(33)18-19-34-3)36-32(40)30(29(28)38)41-23-16-14-21(15-17-23)24-12-8-9-13-25(24)31(39)35-4/h5-20,33-34H,1-4H3,(H,35,39)(H2,36,38,40)/b19-18-,33-26?. The molecule has 0 unspecified atom stereocenters. The summed E-state index contributed by atoms with van der Waals surface area (Å²) in [6, 6.07) is 24.3.